The monoisotopic (exact) mass is 416 g/mol. The van der Waals surface area contributed by atoms with E-state index in [0.717, 1.165) is 11.1 Å². The van der Waals surface area contributed by atoms with Gasteiger partial charge in [0.25, 0.3) is 11.7 Å². The van der Waals surface area contributed by atoms with Crippen LogP contribution in [0.1, 0.15) is 33.9 Å². The fourth-order valence-electron chi connectivity index (χ4n) is 3.77. The maximum Gasteiger partial charge on any atom is 0.295 e. The molecule has 0 radical (unpaired) electrons. The van der Waals surface area contributed by atoms with E-state index in [2.05, 4.69) is 4.98 Å². The molecule has 1 atom stereocenters. The Morgan fingerprint density at radius 2 is 1.68 bits per heavy atom. The third-order valence-corrected chi connectivity index (χ3v) is 5.61. The Hall–Kier alpha value is -3.80. The first-order valence-electron chi connectivity index (χ1n) is 9.87. The Kier molecular flexibility index (Phi) is 5.38. The van der Waals surface area contributed by atoms with Crippen LogP contribution in [-0.2, 0) is 16.1 Å². The van der Waals surface area contributed by atoms with E-state index in [4.69, 9.17) is 0 Å². The lowest BCUT2D eigenvalue weighted by Gasteiger charge is -2.25. The molecule has 0 aliphatic carbocycles. The lowest BCUT2D eigenvalue weighted by molar-refractivity contribution is -0.140. The van der Waals surface area contributed by atoms with Gasteiger partial charge in [-0.05, 0) is 66.4 Å². The second-order valence-corrected chi connectivity index (χ2v) is 7.63. The zero-order valence-corrected chi connectivity index (χ0v) is 17.2. The van der Waals surface area contributed by atoms with Gasteiger partial charge in [0, 0.05) is 24.5 Å². The maximum absolute atomic E-state index is 13.3. The summed E-state index contributed by atoms with van der Waals surface area (Å²) in [6.07, 6.45) is 3.15. The summed E-state index contributed by atoms with van der Waals surface area (Å²) in [6, 6.07) is 13.8. The number of aryl methyl sites for hydroxylation is 2. The highest BCUT2D eigenvalue weighted by molar-refractivity contribution is 6.46. The summed E-state index contributed by atoms with van der Waals surface area (Å²) in [6.45, 7) is 3.97. The van der Waals surface area contributed by atoms with E-state index < -0.39 is 17.7 Å². The van der Waals surface area contributed by atoms with Gasteiger partial charge in [0.05, 0.1) is 11.6 Å². The molecule has 5 nitrogen and oxygen atoms in total. The van der Waals surface area contributed by atoms with Crippen LogP contribution in [0.15, 0.2) is 72.6 Å². The normalized spacial score (nSPS) is 17.9. The molecule has 0 saturated carbocycles. The van der Waals surface area contributed by atoms with Crippen molar-refractivity contribution in [2.45, 2.75) is 26.4 Å². The number of aromatic nitrogens is 1. The molecule has 6 heteroatoms. The summed E-state index contributed by atoms with van der Waals surface area (Å²) < 4.78 is 13.3. The van der Waals surface area contributed by atoms with Gasteiger partial charge in [-0.15, -0.1) is 0 Å². The number of carbonyl (C=O) groups is 2. The van der Waals surface area contributed by atoms with Gasteiger partial charge in [-0.3, -0.25) is 14.6 Å². The minimum absolute atomic E-state index is 0.0292. The van der Waals surface area contributed by atoms with Crippen LogP contribution < -0.4 is 0 Å². The number of hydrogen-bond acceptors (Lipinski definition) is 4. The number of pyridine rings is 1. The molecule has 0 bridgehead atoms. The van der Waals surface area contributed by atoms with Crippen LogP contribution in [0.5, 0.6) is 0 Å². The first-order chi connectivity index (χ1) is 14.9. The molecule has 1 aromatic heterocycles. The molecule has 1 amide bonds. The third kappa shape index (κ3) is 3.84. The molecule has 3 aromatic rings. The van der Waals surface area contributed by atoms with Crippen molar-refractivity contribution in [1.82, 2.24) is 9.88 Å². The van der Waals surface area contributed by atoms with Crippen molar-refractivity contribution in [3.63, 3.8) is 0 Å². The van der Waals surface area contributed by atoms with Gasteiger partial charge >= 0.3 is 0 Å². The van der Waals surface area contributed by atoms with Crippen molar-refractivity contribution in [1.29, 1.82) is 0 Å². The first kappa shape index (κ1) is 20.5. The number of nitrogens with zero attached hydrogens (tertiary/aromatic N) is 2. The molecule has 31 heavy (non-hydrogen) atoms. The van der Waals surface area contributed by atoms with Gasteiger partial charge in [-0.2, -0.15) is 0 Å². The fraction of sp³-hybridized carbons (Fsp3) is 0.160. The fourth-order valence-corrected chi connectivity index (χ4v) is 3.77. The lowest BCUT2D eigenvalue weighted by Crippen LogP contribution is -2.29. The highest BCUT2D eigenvalue weighted by atomic mass is 19.1. The minimum Gasteiger partial charge on any atom is -0.507 e. The van der Waals surface area contributed by atoms with Crippen LogP contribution in [0.2, 0.25) is 0 Å². The minimum atomic E-state index is -0.783. The summed E-state index contributed by atoms with van der Waals surface area (Å²) in [5.74, 6) is -2.06. The van der Waals surface area contributed by atoms with Crippen molar-refractivity contribution < 1.29 is 19.1 Å². The summed E-state index contributed by atoms with van der Waals surface area (Å²) >= 11 is 0. The number of hydrogen-bond donors (Lipinski definition) is 1. The topological polar surface area (TPSA) is 70.5 Å². The second kappa shape index (κ2) is 8.14. The van der Waals surface area contributed by atoms with Crippen LogP contribution in [0.4, 0.5) is 4.39 Å². The zero-order chi connectivity index (χ0) is 22.1. The Balaban J connectivity index is 1.85. The number of benzene rings is 2. The summed E-state index contributed by atoms with van der Waals surface area (Å²) in [5, 5.41) is 11.1. The molecule has 1 fully saturated rings. The predicted octanol–water partition coefficient (Wildman–Crippen LogP) is 4.46. The van der Waals surface area contributed by atoms with Crippen molar-refractivity contribution in [2.24, 2.45) is 0 Å². The number of aliphatic hydroxyl groups excluding tert-OH is 1. The number of carbonyl (C=O) groups excluding carboxylic acids is 2. The smallest absolute Gasteiger partial charge is 0.295 e. The maximum atomic E-state index is 13.3. The molecule has 2 aromatic carbocycles. The van der Waals surface area contributed by atoms with Gasteiger partial charge in [0.2, 0.25) is 0 Å². The van der Waals surface area contributed by atoms with Gasteiger partial charge < -0.3 is 10.0 Å². The van der Waals surface area contributed by atoms with E-state index in [1.54, 1.807) is 48.8 Å². The molecule has 1 N–H and O–H groups in total. The standard InChI is InChI=1S/C25H21FN2O3/c1-15-3-6-19(13-16(15)2)23(29)21-22(18-9-11-27-12-10-18)28(25(31)24(21)30)14-17-4-7-20(26)8-5-17/h3-13,22,29H,14H2,1-2H3/b23-21-. The molecular weight excluding hydrogens is 395 g/mol. The number of halogens is 1. The number of ketones is 1. The number of aliphatic hydroxyl groups is 1. The second-order valence-electron chi connectivity index (χ2n) is 7.63. The van der Waals surface area contributed by atoms with Gasteiger partial charge in [0.1, 0.15) is 11.6 Å². The average molecular weight is 416 g/mol. The van der Waals surface area contributed by atoms with E-state index in [0.29, 0.717) is 16.7 Å². The highest BCUT2D eigenvalue weighted by Crippen LogP contribution is 2.40. The van der Waals surface area contributed by atoms with Crippen LogP contribution in [0, 0.1) is 19.7 Å². The van der Waals surface area contributed by atoms with Crippen molar-refractivity contribution in [3.8, 4) is 0 Å². The molecule has 156 valence electrons. The average Bonchev–Trinajstić information content (AvgIpc) is 3.02. The van der Waals surface area contributed by atoms with Crippen molar-refractivity contribution >= 4 is 17.4 Å². The molecule has 2 heterocycles. The van der Waals surface area contributed by atoms with Gasteiger partial charge in [-0.25, -0.2) is 4.39 Å². The van der Waals surface area contributed by atoms with E-state index >= 15 is 0 Å². The SMILES string of the molecule is Cc1ccc(/C(O)=C2/C(=O)C(=O)N(Cc3ccc(F)cc3)C2c2ccncc2)cc1C. The Bertz CT molecular complexity index is 1190. The van der Waals surface area contributed by atoms with E-state index in [1.807, 2.05) is 19.9 Å². The molecular formula is C25H21FN2O3. The van der Waals surface area contributed by atoms with Crippen LogP contribution in [0.25, 0.3) is 5.76 Å². The van der Waals surface area contributed by atoms with E-state index in [1.165, 1.54) is 17.0 Å². The van der Waals surface area contributed by atoms with Crippen molar-refractivity contribution in [3.05, 3.63) is 106 Å². The molecule has 0 spiro atoms. The molecule has 1 saturated heterocycles. The largest absolute Gasteiger partial charge is 0.507 e. The molecule has 1 unspecified atom stereocenters. The highest BCUT2D eigenvalue weighted by Gasteiger charge is 2.46. The van der Waals surface area contributed by atoms with Crippen molar-refractivity contribution in [2.75, 3.05) is 0 Å². The number of amides is 1. The quantitative estimate of drug-likeness (QED) is 0.387. The third-order valence-electron chi connectivity index (χ3n) is 5.61. The molecule has 4 rings (SSSR count). The summed E-state index contributed by atoms with van der Waals surface area (Å²) in [5.41, 5.74) is 3.85. The summed E-state index contributed by atoms with van der Waals surface area (Å²) in [7, 11) is 0. The van der Waals surface area contributed by atoms with Gasteiger partial charge in [0.15, 0.2) is 0 Å². The van der Waals surface area contributed by atoms with E-state index in [9.17, 15) is 19.1 Å². The van der Waals surface area contributed by atoms with E-state index in [-0.39, 0.29) is 23.7 Å². The molecule has 1 aliphatic heterocycles. The van der Waals surface area contributed by atoms with Crippen LogP contribution in [0.3, 0.4) is 0 Å². The summed E-state index contributed by atoms with van der Waals surface area (Å²) in [4.78, 5) is 31.4. The number of likely N-dealkylation sites (tertiary alicyclic amines) is 1. The lowest BCUT2D eigenvalue weighted by atomic mass is 9.94. The van der Waals surface area contributed by atoms with Crippen LogP contribution >= 0.6 is 0 Å². The van der Waals surface area contributed by atoms with Gasteiger partial charge in [-0.1, -0.05) is 24.3 Å². The predicted molar refractivity (Wildman–Crippen MR) is 114 cm³/mol. The van der Waals surface area contributed by atoms with Crippen LogP contribution in [-0.4, -0.2) is 26.7 Å². The molecule has 1 aliphatic rings. The Morgan fingerprint density at radius 1 is 1.00 bits per heavy atom. The number of Topliss-reactive ketones (excluding diaryl/α,β-unsaturated/α-hetero) is 1. The Labute approximate surface area is 179 Å². The zero-order valence-electron chi connectivity index (χ0n) is 17.2. The number of rotatable bonds is 4. The Morgan fingerprint density at radius 3 is 2.32 bits per heavy atom. The first-order valence-corrected chi connectivity index (χ1v) is 9.87.